The van der Waals surface area contributed by atoms with Crippen LogP contribution in [0.2, 0.25) is 0 Å². The van der Waals surface area contributed by atoms with Gasteiger partial charge in [0.2, 0.25) is 5.91 Å². The number of carbonyl (C=O) groups excluding carboxylic acids is 2. The number of amides is 2. The number of hydrogen-bond donors (Lipinski definition) is 1. The third kappa shape index (κ3) is 6.06. The van der Waals surface area contributed by atoms with E-state index in [1.54, 1.807) is 50.6 Å². The van der Waals surface area contributed by atoms with Crippen molar-refractivity contribution in [2.45, 2.75) is 25.8 Å². The number of nitrogens with one attached hydrogen (secondary N) is 1. The summed E-state index contributed by atoms with van der Waals surface area (Å²) in [7, 11) is 3.18. The van der Waals surface area contributed by atoms with E-state index in [0.717, 1.165) is 5.56 Å². The SMILES string of the molecule is CCOc1ccc(N2C(=O)[C@@H](CC(=O)Nc3ccccc3)N(CCc3ccc(OC)c(OC)c3)C2=S)cc1. The highest BCUT2D eigenvalue weighted by Crippen LogP contribution is 2.31. The van der Waals surface area contributed by atoms with Crippen molar-refractivity contribution in [2.75, 3.05) is 37.6 Å². The zero-order valence-electron chi connectivity index (χ0n) is 21.7. The maximum absolute atomic E-state index is 13.7. The number of para-hydroxylation sites is 1. The van der Waals surface area contributed by atoms with Crippen LogP contribution in [-0.4, -0.2) is 55.2 Å². The molecule has 3 aromatic rings. The van der Waals surface area contributed by atoms with Gasteiger partial charge in [0, 0.05) is 12.2 Å². The maximum Gasteiger partial charge on any atom is 0.256 e. The molecule has 9 heteroatoms. The van der Waals surface area contributed by atoms with Crippen molar-refractivity contribution in [1.82, 2.24) is 4.90 Å². The Kier molecular flexibility index (Phi) is 8.81. The molecule has 2 amide bonds. The van der Waals surface area contributed by atoms with Crippen LogP contribution in [0.4, 0.5) is 11.4 Å². The number of hydrogen-bond acceptors (Lipinski definition) is 6. The summed E-state index contributed by atoms with van der Waals surface area (Å²) in [5.74, 6) is 1.47. The van der Waals surface area contributed by atoms with Gasteiger partial charge in [0.1, 0.15) is 11.8 Å². The quantitative estimate of drug-likeness (QED) is 0.359. The van der Waals surface area contributed by atoms with Gasteiger partial charge in [0.15, 0.2) is 16.6 Å². The number of ether oxygens (including phenoxy) is 3. The van der Waals surface area contributed by atoms with E-state index < -0.39 is 6.04 Å². The van der Waals surface area contributed by atoms with Gasteiger partial charge in [-0.15, -0.1) is 0 Å². The number of nitrogens with zero attached hydrogens (tertiary/aromatic N) is 2. The summed E-state index contributed by atoms with van der Waals surface area (Å²) in [6, 6.07) is 21.3. The Bertz CT molecular complexity index is 1280. The van der Waals surface area contributed by atoms with Crippen LogP contribution in [-0.2, 0) is 16.0 Å². The Balaban J connectivity index is 1.56. The van der Waals surface area contributed by atoms with E-state index in [9.17, 15) is 9.59 Å². The highest BCUT2D eigenvalue weighted by atomic mass is 32.1. The smallest absolute Gasteiger partial charge is 0.256 e. The normalized spacial score (nSPS) is 15.0. The third-order valence-electron chi connectivity index (χ3n) is 6.25. The topological polar surface area (TPSA) is 80.3 Å². The molecule has 1 N–H and O–H groups in total. The molecular formula is C29H31N3O5S. The molecule has 8 nitrogen and oxygen atoms in total. The minimum absolute atomic E-state index is 0.0344. The second kappa shape index (κ2) is 12.4. The van der Waals surface area contributed by atoms with Gasteiger partial charge in [-0.25, -0.2) is 0 Å². The van der Waals surface area contributed by atoms with Crippen molar-refractivity contribution in [3.8, 4) is 17.2 Å². The Hall–Kier alpha value is -4.11. The van der Waals surface area contributed by atoms with Gasteiger partial charge < -0.3 is 24.4 Å². The Labute approximate surface area is 228 Å². The Morgan fingerprint density at radius 3 is 2.34 bits per heavy atom. The average molecular weight is 534 g/mol. The van der Waals surface area contributed by atoms with Crippen LogP contribution in [0, 0.1) is 0 Å². The molecule has 4 rings (SSSR count). The van der Waals surface area contributed by atoms with Crippen molar-refractivity contribution in [1.29, 1.82) is 0 Å². The first-order valence-corrected chi connectivity index (χ1v) is 12.8. The highest BCUT2D eigenvalue weighted by molar-refractivity contribution is 7.80. The molecule has 1 aliphatic rings. The fourth-order valence-corrected chi connectivity index (χ4v) is 4.79. The molecule has 0 unspecified atom stereocenters. The first-order valence-electron chi connectivity index (χ1n) is 12.4. The molecule has 3 aromatic carbocycles. The molecule has 1 aliphatic heterocycles. The van der Waals surface area contributed by atoms with E-state index in [0.29, 0.717) is 53.3 Å². The molecule has 1 atom stereocenters. The van der Waals surface area contributed by atoms with Crippen molar-refractivity contribution in [3.05, 3.63) is 78.4 Å². The van der Waals surface area contributed by atoms with Crippen molar-refractivity contribution in [3.63, 3.8) is 0 Å². The molecule has 0 saturated carbocycles. The number of rotatable bonds is 11. The van der Waals surface area contributed by atoms with Crippen LogP contribution < -0.4 is 24.4 Å². The molecule has 1 heterocycles. The maximum atomic E-state index is 13.7. The summed E-state index contributed by atoms with van der Waals surface area (Å²) in [4.78, 5) is 30.0. The fourth-order valence-electron chi connectivity index (χ4n) is 4.38. The number of methoxy groups -OCH3 is 2. The molecule has 1 fully saturated rings. The number of thiocarbonyl (C=S) groups is 1. The third-order valence-corrected chi connectivity index (χ3v) is 6.67. The number of benzene rings is 3. The summed E-state index contributed by atoms with van der Waals surface area (Å²) in [5, 5.41) is 3.23. The molecule has 0 aromatic heterocycles. The minimum atomic E-state index is -0.738. The lowest BCUT2D eigenvalue weighted by molar-refractivity contribution is -0.124. The average Bonchev–Trinajstić information content (AvgIpc) is 3.16. The van der Waals surface area contributed by atoms with Crippen LogP contribution in [0.15, 0.2) is 72.8 Å². The van der Waals surface area contributed by atoms with Crippen LogP contribution >= 0.6 is 12.2 Å². The van der Waals surface area contributed by atoms with Crippen molar-refractivity contribution < 1.29 is 23.8 Å². The van der Waals surface area contributed by atoms with Crippen LogP contribution in [0.5, 0.6) is 17.2 Å². The summed E-state index contributed by atoms with van der Waals surface area (Å²) in [6.07, 6.45) is 0.551. The molecule has 38 heavy (non-hydrogen) atoms. The molecule has 1 saturated heterocycles. The number of anilines is 2. The van der Waals surface area contributed by atoms with Gasteiger partial charge in [0.25, 0.3) is 5.91 Å². The predicted octanol–water partition coefficient (Wildman–Crippen LogP) is 4.68. The first-order chi connectivity index (χ1) is 18.4. The molecule has 0 bridgehead atoms. The van der Waals surface area contributed by atoms with E-state index in [-0.39, 0.29) is 18.2 Å². The lowest BCUT2D eigenvalue weighted by atomic mass is 10.1. The van der Waals surface area contributed by atoms with E-state index in [2.05, 4.69) is 5.32 Å². The minimum Gasteiger partial charge on any atom is -0.494 e. The van der Waals surface area contributed by atoms with Crippen molar-refractivity contribution in [2.24, 2.45) is 0 Å². The van der Waals surface area contributed by atoms with Crippen molar-refractivity contribution >= 4 is 40.5 Å². The monoisotopic (exact) mass is 533 g/mol. The van der Waals surface area contributed by atoms with E-state index in [1.165, 1.54) is 4.90 Å². The molecular weight excluding hydrogens is 502 g/mol. The largest absolute Gasteiger partial charge is 0.494 e. The number of carbonyl (C=O) groups is 2. The zero-order chi connectivity index (χ0) is 27.1. The predicted molar refractivity (Wildman–Crippen MR) is 151 cm³/mol. The second-order valence-corrected chi connectivity index (χ2v) is 9.02. The lowest BCUT2D eigenvalue weighted by Crippen LogP contribution is -2.39. The fraction of sp³-hybridized carbons (Fsp3) is 0.276. The van der Waals surface area contributed by atoms with E-state index >= 15 is 0 Å². The first kappa shape index (κ1) is 26.9. The molecule has 0 spiro atoms. The molecule has 0 aliphatic carbocycles. The van der Waals surface area contributed by atoms with Crippen LogP contribution in [0.1, 0.15) is 18.9 Å². The van der Waals surface area contributed by atoms with Crippen LogP contribution in [0.25, 0.3) is 0 Å². The van der Waals surface area contributed by atoms with E-state index in [4.69, 9.17) is 26.4 Å². The van der Waals surface area contributed by atoms with Gasteiger partial charge in [-0.1, -0.05) is 24.3 Å². The Morgan fingerprint density at radius 1 is 0.974 bits per heavy atom. The summed E-state index contributed by atoms with van der Waals surface area (Å²) >= 11 is 5.79. The molecule has 0 radical (unpaired) electrons. The van der Waals surface area contributed by atoms with Gasteiger partial charge in [-0.3, -0.25) is 14.5 Å². The van der Waals surface area contributed by atoms with E-state index in [1.807, 2.05) is 48.2 Å². The lowest BCUT2D eigenvalue weighted by Gasteiger charge is -2.24. The Morgan fingerprint density at radius 2 is 1.68 bits per heavy atom. The second-order valence-electron chi connectivity index (χ2n) is 8.65. The summed E-state index contributed by atoms with van der Waals surface area (Å²) < 4.78 is 16.3. The molecule has 198 valence electrons. The highest BCUT2D eigenvalue weighted by Gasteiger charge is 2.44. The summed E-state index contributed by atoms with van der Waals surface area (Å²) in [6.45, 7) is 2.90. The summed E-state index contributed by atoms with van der Waals surface area (Å²) in [5.41, 5.74) is 2.29. The van der Waals surface area contributed by atoms with Crippen LogP contribution in [0.3, 0.4) is 0 Å². The van der Waals surface area contributed by atoms with Gasteiger partial charge in [-0.2, -0.15) is 0 Å². The van der Waals surface area contributed by atoms with Gasteiger partial charge in [-0.05, 0) is 79.7 Å². The van der Waals surface area contributed by atoms with Gasteiger partial charge in [0.05, 0.1) is 32.9 Å². The van der Waals surface area contributed by atoms with Gasteiger partial charge >= 0.3 is 0 Å². The zero-order valence-corrected chi connectivity index (χ0v) is 22.5. The standard InChI is InChI=1S/C29H31N3O5S/c1-4-37-23-13-11-22(12-14-23)32-28(34)24(19-27(33)30-21-8-6-5-7-9-21)31(29(32)38)17-16-20-10-15-25(35-2)26(18-20)36-3/h5-15,18,24H,4,16-17,19H2,1-3H3,(H,30,33)/t24-/m1/s1.